The predicted molar refractivity (Wildman–Crippen MR) is 107 cm³/mol. The van der Waals surface area contributed by atoms with Gasteiger partial charge < -0.3 is 10.6 Å². The van der Waals surface area contributed by atoms with Crippen LogP contribution in [0.15, 0.2) is 60.9 Å². The normalized spacial score (nSPS) is 14.7. The van der Waals surface area contributed by atoms with Gasteiger partial charge in [0.2, 0.25) is 5.95 Å². The van der Waals surface area contributed by atoms with Crippen LogP contribution in [0.25, 0.3) is 16.9 Å². The molecule has 1 aliphatic heterocycles. The van der Waals surface area contributed by atoms with Crippen molar-refractivity contribution in [1.82, 2.24) is 19.6 Å². The van der Waals surface area contributed by atoms with Gasteiger partial charge in [0.25, 0.3) is 0 Å². The Kier molecular flexibility index (Phi) is 3.40. The van der Waals surface area contributed by atoms with Gasteiger partial charge in [0, 0.05) is 29.5 Å². The van der Waals surface area contributed by atoms with E-state index in [-0.39, 0.29) is 5.41 Å². The first-order valence-corrected chi connectivity index (χ1v) is 9.02. The summed E-state index contributed by atoms with van der Waals surface area (Å²) in [7, 11) is 0. The number of aromatic nitrogens is 4. The van der Waals surface area contributed by atoms with Crippen molar-refractivity contribution in [3.05, 3.63) is 66.5 Å². The molecule has 134 valence electrons. The molecule has 0 saturated carbocycles. The van der Waals surface area contributed by atoms with Gasteiger partial charge >= 0.3 is 0 Å². The van der Waals surface area contributed by atoms with E-state index >= 15 is 0 Å². The number of nitrogens with one attached hydrogen (secondary N) is 2. The standard InChI is InChI=1S/C21H20N6/c1-21(2)13-24-18-11-14(6-8-16(18)21)25-20-23-12-15-7-9-19(27(15)26-20)17-5-3-4-10-22-17/h3-12,24H,13H2,1-2H3,(H,25,26). The first-order valence-electron chi connectivity index (χ1n) is 9.02. The minimum absolute atomic E-state index is 0.159. The largest absolute Gasteiger partial charge is 0.384 e. The number of rotatable bonds is 3. The van der Waals surface area contributed by atoms with Crippen molar-refractivity contribution < 1.29 is 0 Å². The Labute approximate surface area is 157 Å². The molecular formula is C21H20N6. The Balaban J connectivity index is 1.50. The van der Waals surface area contributed by atoms with Crippen molar-refractivity contribution in [3.8, 4) is 11.4 Å². The molecule has 0 atom stereocenters. The molecule has 0 spiro atoms. The molecule has 5 rings (SSSR count). The van der Waals surface area contributed by atoms with E-state index in [4.69, 9.17) is 0 Å². The predicted octanol–water partition coefficient (Wildman–Crippen LogP) is 4.24. The van der Waals surface area contributed by atoms with Gasteiger partial charge in [-0.3, -0.25) is 4.98 Å². The molecule has 4 aromatic rings. The molecule has 3 aromatic heterocycles. The number of nitrogens with zero attached hydrogens (tertiary/aromatic N) is 4. The van der Waals surface area contributed by atoms with Gasteiger partial charge in [0.05, 0.1) is 23.1 Å². The van der Waals surface area contributed by atoms with Gasteiger partial charge in [0.1, 0.15) is 0 Å². The van der Waals surface area contributed by atoms with Crippen molar-refractivity contribution in [2.45, 2.75) is 19.3 Å². The van der Waals surface area contributed by atoms with Crippen LogP contribution in [0, 0.1) is 0 Å². The summed E-state index contributed by atoms with van der Waals surface area (Å²) < 4.78 is 1.87. The highest BCUT2D eigenvalue weighted by molar-refractivity contribution is 5.69. The van der Waals surface area contributed by atoms with Crippen LogP contribution in [0.5, 0.6) is 0 Å². The van der Waals surface area contributed by atoms with E-state index in [1.807, 2.05) is 41.0 Å². The van der Waals surface area contributed by atoms with Crippen molar-refractivity contribution in [2.75, 3.05) is 17.2 Å². The topological polar surface area (TPSA) is 67.1 Å². The van der Waals surface area contributed by atoms with Crippen LogP contribution in [0.3, 0.4) is 0 Å². The average molecular weight is 356 g/mol. The first-order chi connectivity index (χ1) is 13.1. The lowest BCUT2D eigenvalue weighted by Crippen LogP contribution is -2.18. The summed E-state index contributed by atoms with van der Waals surface area (Å²) in [6.45, 7) is 5.45. The van der Waals surface area contributed by atoms with E-state index in [0.29, 0.717) is 5.95 Å². The zero-order chi connectivity index (χ0) is 18.4. The quantitative estimate of drug-likeness (QED) is 0.575. The molecule has 6 nitrogen and oxygen atoms in total. The molecule has 1 aliphatic rings. The highest BCUT2D eigenvalue weighted by Gasteiger charge is 2.29. The Bertz CT molecular complexity index is 1130. The summed E-state index contributed by atoms with van der Waals surface area (Å²) in [5.41, 5.74) is 6.38. The summed E-state index contributed by atoms with van der Waals surface area (Å²) in [5, 5.41) is 11.5. The lowest BCUT2D eigenvalue weighted by atomic mass is 9.87. The SMILES string of the molecule is CC1(C)CNc2cc(Nc3ncc4ccc(-c5ccccn5)n4n3)ccc21. The molecule has 6 heteroatoms. The molecule has 0 amide bonds. The summed E-state index contributed by atoms with van der Waals surface area (Å²) in [6.07, 6.45) is 3.60. The van der Waals surface area contributed by atoms with Crippen LogP contribution in [-0.4, -0.2) is 26.1 Å². The Morgan fingerprint density at radius 2 is 2.00 bits per heavy atom. The van der Waals surface area contributed by atoms with Crippen molar-refractivity contribution in [2.24, 2.45) is 0 Å². The third kappa shape index (κ3) is 2.70. The maximum absolute atomic E-state index is 4.66. The number of pyridine rings is 1. The van der Waals surface area contributed by atoms with Gasteiger partial charge in [-0.25, -0.2) is 9.50 Å². The minimum Gasteiger partial charge on any atom is -0.384 e. The van der Waals surface area contributed by atoms with E-state index in [2.05, 4.69) is 57.7 Å². The fourth-order valence-corrected chi connectivity index (χ4v) is 3.57. The maximum atomic E-state index is 4.66. The molecule has 4 heterocycles. The molecule has 1 aromatic carbocycles. The highest BCUT2D eigenvalue weighted by Crippen LogP contribution is 2.37. The van der Waals surface area contributed by atoms with Gasteiger partial charge in [-0.15, -0.1) is 5.10 Å². The second-order valence-electron chi connectivity index (χ2n) is 7.47. The van der Waals surface area contributed by atoms with Crippen molar-refractivity contribution in [1.29, 1.82) is 0 Å². The number of hydrogen-bond acceptors (Lipinski definition) is 5. The fraction of sp³-hybridized carbons (Fsp3) is 0.190. The third-order valence-electron chi connectivity index (χ3n) is 5.05. The summed E-state index contributed by atoms with van der Waals surface area (Å²) in [5.74, 6) is 0.549. The van der Waals surface area contributed by atoms with Crippen molar-refractivity contribution in [3.63, 3.8) is 0 Å². The van der Waals surface area contributed by atoms with Crippen LogP contribution in [0.4, 0.5) is 17.3 Å². The molecular weight excluding hydrogens is 336 g/mol. The average Bonchev–Trinajstić information content (AvgIpc) is 3.23. The van der Waals surface area contributed by atoms with Crippen molar-refractivity contribution >= 4 is 22.8 Å². The zero-order valence-corrected chi connectivity index (χ0v) is 15.3. The van der Waals surface area contributed by atoms with Crippen LogP contribution < -0.4 is 10.6 Å². The van der Waals surface area contributed by atoms with E-state index < -0.39 is 0 Å². The lowest BCUT2D eigenvalue weighted by molar-refractivity contribution is 0.586. The highest BCUT2D eigenvalue weighted by atomic mass is 15.3. The molecule has 0 fully saturated rings. The summed E-state index contributed by atoms with van der Waals surface area (Å²) in [6, 6.07) is 16.2. The Morgan fingerprint density at radius 1 is 1.07 bits per heavy atom. The number of benzene rings is 1. The number of hydrogen-bond donors (Lipinski definition) is 2. The van der Waals surface area contributed by atoms with Gasteiger partial charge in [0.15, 0.2) is 0 Å². The first kappa shape index (κ1) is 15.8. The van der Waals surface area contributed by atoms with E-state index in [9.17, 15) is 0 Å². The minimum atomic E-state index is 0.159. The van der Waals surface area contributed by atoms with E-state index in [1.165, 1.54) is 11.3 Å². The molecule has 0 unspecified atom stereocenters. The van der Waals surface area contributed by atoms with Gasteiger partial charge in [-0.2, -0.15) is 0 Å². The van der Waals surface area contributed by atoms with E-state index in [1.54, 1.807) is 6.20 Å². The Hall–Kier alpha value is -3.41. The lowest BCUT2D eigenvalue weighted by Gasteiger charge is -2.17. The molecule has 0 aliphatic carbocycles. The second kappa shape index (κ2) is 5.81. The van der Waals surface area contributed by atoms with E-state index in [0.717, 1.165) is 29.1 Å². The molecule has 0 saturated heterocycles. The fourth-order valence-electron chi connectivity index (χ4n) is 3.57. The molecule has 27 heavy (non-hydrogen) atoms. The van der Waals surface area contributed by atoms with Gasteiger partial charge in [-0.05, 0) is 42.0 Å². The summed E-state index contributed by atoms with van der Waals surface area (Å²) in [4.78, 5) is 8.88. The van der Waals surface area contributed by atoms with Crippen LogP contribution in [0.2, 0.25) is 0 Å². The van der Waals surface area contributed by atoms with Crippen LogP contribution >= 0.6 is 0 Å². The van der Waals surface area contributed by atoms with Crippen LogP contribution in [0.1, 0.15) is 19.4 Å². The molecule has 0 radical (unpaired) electrons. The number of fused-ring (bicyclic) bond motifs is 2. The smallest absolute Gasteiger partial charge is 0.245 e. The monoisotopic (exact) mass is 356 g/mol. The third-order valence-corrected chi connectivity index (χ3v) is 5.05. The number of anilines is 3. The second-order valence-corrected chi connectivity index (χ2v) is 7.47. The Morgan fingerprint density at radius 3 is 2.85 bits per heavy atom. The maximum Gasteiger partial charge on any atom is 0.245 e. The van der Waals surface area contributed by atoms with Crippen LogP contribution in [-0.2, 0) is 5.41 Å². The zero-order valence-electron chi connectivity index (χ0n) is 15.3. The summed E-state index contributed by atoms with van der Waals surface area (Å²) >= 11 is 0. The van der Waals surface area contributed by atoms with Gasteiger partial charge in [-0.1, -0.05) is 26.0 Å². The molecule has 2 N–H and O–H groups in total. The molecule has 0 bridgehead atoms.